The van der Waals surface area contributed by atoms with Gasteiger partial charge in [-0.1, -0.05) is 38.3 Å². The molecule has 0 bridgehead atoms. The maximum Gasteiger partial charge on any atom is 0.303 e. The summed E-state index contributed by atoms with van der Waals surface area (Å²) in [5, 5.41) is 30.1. The molecule has 1 unspecified atom stereocenters. The average Bonchev–Trinajstić information content (AvgIpc) is 3.16. The summed E-state index contributed by atoms with van der Waals surface area (Å²) in [7, 11) is 0. The third-order valence-corrected chi connectivity index (χ3v) is 8.74. The largest absolute Gasteiger partial charge is 0.481 e. The fourth-order valence-corrected chi connectivity index (χ4v) is 7.32. The summed E-state index contributed by atoms with van der Waals surface area (Å²) in [6.07, 6.45) is 12.8. The molecular weight excluding hydrogens is 348 g/mol. The number of fused-ring (bicyclic) bond motifs is 1. The van der Waals surface area contributed by atoms with Gasteiger partial charge < -0.3 is 15.3 Å². The maximum atomic E-state index is 10.8. The molecule has 1 heterocycles. The molecule has 1 spiro atoms. The predicted octanol–water partition coefficient (Wildman–Crippen LogP) is 4.00. The Kier molecular flexibility index (Phi) is 6.73. The summed E-state index contributed by atoms with van der Waals surface area (Å²) in [6, 6.07) is 0. The first-order chi connectivity index (χ1) is 12.4. The van der Waals surface area contributed by atoms with Crippen LogP contribution in [-0.4, -0.2) is 43.5 Å². The highest BCUT2D eigenvalue weighted by atomic mass is 32.2. The number of hydrogen-bond acceptors (Lipinski definition) is 4. The number of aliphatic hydroxyl groups excluding tert-OH is 2. The standard InChI is InChI=1S/C21H34O4S/c1-2-3-4-5-15(22)7-8-16-17-10-11-21(26-19(17)12-18(16)23)13-14(21)6-9-20(24)25/h7-8,14-19,22-23H,2-6,9-13H2,1H3,(H,24,25)/b8-7+/t14-,15+,16-,17-,18-,19+,21?/m1/s1. The second-order valence-electron chi connectivity index (χ2n) is 8.59. The van der Waals surface area contributed by atoms with Crippen LogP contribution < -0.4 is 0 Å². The molecule has 0 aromatic heterocycles. The number of hydrogen-bond donors (Lipinski definition) is 3. The lowest BCUT2D eigenvalue weighted by Crippen LogP contribution is -2.28. The third-order valence-electron chi connectivity index (χ3n) is 6.72. The highest BCUT2D eigenvalue weighted by Crippen LogP contribution is 2.66. The molecule has 2 aliphatic carbocycles. The van der Waals surface area contributed by atoms with Crippen molar-refractivity contribution >= 4 is 17.7 Å². The van der Waals surface area contributed by atoms with E-state index in [0.717, 1.165) is 57.8 Å². The normalized spacial score (nSPS) is 40.0. The quantitative estimate of drug-likeness (QED) is 0.415. The number of carboxylic acids is 1. The van der Waals surface area contributed by atoms with Crippen LogP contribution in [-0.2, 0) is 4.79 Å². The third kappa shape index (κ3) is 4.66. The van der Waals surface area contributed by atoms with Crippen LogP contribution in [0.3, 0.4) is 0 Å². The van der Waals surface area contributed by atoms with Crippen molar-refractivity contribution in [1.82, 2.24) is 0 Å². The van der Waals surface area contributed by atoms with Crippen molar-refractivity contribution in [3.63, 3.8) is 0 Å². The number of carboxylic acid groups (broad SMARTS) is 1. The molecule has 148 valence electrons. The molecule has 2 saturated carbocycles. The van der Waals surface area contributed by atoms with Gasteiger partial charge in [0.05, 0.1) is 12.2 Å². The molecule has 4 nitrogen and oxygen atoms in total. The Morgan fingerprint density at radius 1 is 1.38 bits per heavy atom. The van der Waals surface area contributed by atoms with E-state index in [9.17, 15) is 15.0 Å². The zero-order valence-corrected chi connectivity index (χ0v) is 16.7. The summed E-state index contributed by atoms with van der Waals surface area (Å²) >= 11 is 2.04. The van der Waals surface area contributed by atoms with Gasteiger partial charge in [0.2, 0.25) is 0 Å². The van der Waals surface area contributed by atoms with Gasteiger partial charge in [0, 0.05) is 22.3 Å². The summed E-state index contributed by atoms with van der Waals surface area (Å²) in [5.41, 5.74) is 0. The Morgan fingerprint density at radius 2 is 2.19 bits per heavy atom. The van der Waals surface area contributed by atoms with Gasteiger partial charge in [-0.05, 0) is 50.4 Å². The Balaban J connectivity index is 1.50. The second kappa shape index (κ2) is 8.66. The first-order valence-electron chi connectivity index (χ1n) is 10.4. The van der Waals surface area contributed by atoms with Crippen molar-refractivity contribution in [2.75, 3.05) is 0 Å². The lowest BCUT2D eigenvalue weighted by atomic mass is 9.87. The molecule has 0 aromatic rings. The molecular formula is C21H34O4S. The summed E-state index contributed by atoms with van der Waals surface area (Å²) in [5.74, 6) is 0.531. The molecule has 1 aliphatic heterocycles. The van der Waals surface area contributed by atoms with Crippen LogP contribution in [0.4, 0.5) is 0 Å². The van der Waals surface area contributed by atoms with E-state index in [1.54, 1.807) is 0 Å². The Bertz CT molecular complexity index is 522. The van der Waals surface area contributed by atoms with Crippen molar-refractivity contribution in [2.45, 2.75) is 93.3 Å². The first kappa shape index (κ1) is 20.2. The lowest BCUT2D eigenvalue weighted by molar-refractivity contribution is -0.137. The zero-order valence-electron chi connectivity index (χ0n) is 15.8. The highest BCUT2D eigenvalue weighted by molar-refractivity contribution is 8.01. The van der Waals surface area contributed by atoms with Crippen LogP contribution in [0.15, 0.2) is 12.2 Å². The topological polar surface area (TPSA) is 77.8 Å². The van der Waals surface area contributed by atoms with E-state index >= 15 is 0 Å². The summed E-state index contributed by atoms with van der Waals surface area (Å²) in [4.78, 5) is 10.8. The minimum absolute atomic E-state index is 0.168. The van der Waals surface area contributed by atoms with E-state index in [4.69, 9.17) is 5.11 Å². The summed E-state index contributed by atoms with van der Waals surface area (Å²) < 4.78 is 0.300. The van der Waals surface area contributed by atoms with Crippen LogP contribution >= 0.6 is 11.8 Å². The molecule has 0 amide bonds. The van der Waals surface area contributed by atoms with Gasteiger partial charge in [-0.25, -0.2) is 0 Å². The Hall–Kier alpha value is -0.520. The monoisotopic (exact) mass is 382 g/mol. The molecule has 7 atom stereocenters. The number of unbranched alkanes of at least 4 members (excludes halogenated alkanes) is 2. The number of aliphatic hydroxyl groups is 2. The van der Waals surface area contributed by atoms with Crippen LogP contribution in [0, 0.1) is 17.8 Å². The molecule has 3 N–H and O–H groups in total. The molecule has 26 heavy (non-hydrogen) atoms. The van der Waals surface area contributed by atoms with Crippen LogP contribution in [0.2, 0.25) is 0 Å². The number of carbonyl (C=O) groups is 1. The summed E-state index contributed by atoms with van der Waals surface area (Å²) in [6.45, 7) is 2.16. The molecule has 3 aliphatic rings. The van der Waals surface area contributed by atoms with Gasteiger partial charge in [0.15, 0.2) is 0 Å². The molecule has 1 saturated heterocycles. The lowest BCUT2D eigenvalue weighted by Gasteiger charge is -2.34. The van der Waals surface area contributed by atoms with Crippen molar-refractivity contribution in [3.8, 4) is 0 Å². The van der Waals surface area contributed by atoms with Crippen LogP contribution in [0.1, 0.15) is 71.1 Å². The molecule has 0 radical (unpaired) electrons. The smallest absolute Gasteiger partial charge is 0.303 e. The minimum atomic E-state index is -0.690. The molecule has 3 rings (SSSR count). The second-order valence-corrected chi connectivity index (χ2v) is 10.2. The van der Waals surface area contributed by atoms with Gasteiger partial charge in [0.1, 0.15) is 0 Å². The number of thioether (sulfide) groups is 1. The first-order valence-corrected chi connectivity index (χ1v) is 11.3. The van der Waals surface area contributed by atoms with Gasteiger partial charge >= 0.3 is 5.97 Å². The van der Waals surface area contributed by atoms with E-state index in [1.807, 2.05) is 17.8 Å². The SMILES string of the molecule is CCCCC[C@H](O)/C=C/[C@@H]1[C@H]2CCC3(C[C@H]3CCC(=O)O)S[C@H]2C[C@H]1O. The minimum Gasteiger partial charge on any atom is -0.481 e. The molecule has 3 fully saturated rings. The van der Waals surface area contributed by atoms with E-state index in [1.165, 1.54) is 0 Å². The van der Waals surface area contributed by atoms with Crippen molar-refractivity contribution < 1.29 is 20.1 Å². The van der Waals surface area contributed by atoms with Crippen molar-refractivity contribution in [2.24, 2.45) is 17.8 Å². The average molecular weight is 383 g/mol. The van der Waals surface area contributed by atoms with Crippen LogP contribution in [0.25, 0.3) is 0 Å². The van der Waals surface area contributed by atoms with E-state index < -0.39 is 5.97 Å². The number of rotatable bonds is 9. The van der Waals surface area contributed by atoms with E-state index in [0.29, 0.717) is 21.8 Å². The maximum absolute atomic E-state index is 10.8. The number of aliphatic carboxylic acids is 1. The predicted molar refractivity (Wildman–Crippen MR) is 105 cm³/mol. The van der Waals surface area contributed by atoms with Crippen molar-refractivity contribution in [3.05, 3.63) is 12.2 Å². The van der Waals surface area contributed by atoms with Gasteiger partial charge in [0.25, 0.3) is 0 Å². The van der Waals surface area contributed by atoms with Crippen LogP contribution in [0.5, 0.6) is 0 Å². The van der Waals surface area contributed by atoms with Gasteiger partial charge in [-0.15, -0.1) is 0 Å². The van der Waals surface area contributed by atoms with E-state index in [-0.39, 0.29) is 24.5 Å². The van der Waals surface area contributed by atoms with E-state index in [2.05, 4.69) is 13.0 Å². The zero-order chi connectivity index (χ0) is 18.7. The van der Waals surface area contributed by atoms with Gasteiger partial charge in [-0.2, -0.15) is 11.8 Å². The Labute approximate surface area is 161 Å². The fourth-order valence-electron chi connectivity index (χ4n) is 5.09. The Morgan fingerprint density at radius 3 is 2.92 bits per heavy atom. The molecule has 0 aromatic carbocycles. The highest BCUT2D eigenvalue weighted by Gasteiger charge is 2.60. The van der Waals surface area contributed by atoms with Gasteiger partial charge in [-0.3, -0.25) is 4.79 Å². The fraction of sp³-hybridized carbons (Fsp3) is 0.857. The van der Waals surface area contributed by atoms with Crippen molar-refractivity contribution in [1.29, 1.82) is 0 Å². The molecule has 5 heteroatoms.